The number of nitrogens with one attached hydrogen (secondary N) is 2. The number of rotatable bonds is 2. The fourth-order valence-corrected chi connectivity index (χ4v) is 3.26. The first-order valence-corrected chi connectivity index (χ1v) is 6.71. The second kappa shape index (κ2) is 4.44. The SMILES string of the molecule is CC(C)(CO)N=C1NSc2sc(Cl)cc2N1. The normalized spacial score (nSPS) is 17.9. The molecule has 7 heteroatoms. The van der Waals surface area contributed by atoms with Gasteiger partial charge >= 0.3 is 0 Å². The van der Waals surface area contributed by atoms with E-state index in [4.69, 9.17) is 16.7 Å². The molecule has 0 bridgehead atoms. The van der Waals surface area contributed by atoms with Crippen LogP contribution in [0.2, 0.25) is 4.34 Å². The molecule has 0 saturated carbocycles. The van der Waals surface area contributed by atoms with Crippen molar-refractivity contribution in [3.63, 3.8) is 0 Å². The summed E-state index contributed by atoms with van der Waals surface area (Å²) in [6.45, 7) is 3.73. The molecule has 1 aromatic heterocycles. The van der Waals surface area contributed by atoms with E-state index in [-0.39, 0.29) is 6.61 Å². The minimum absolute atomic E-state index is 0.00176. The molecule has 4 nitrogen and oxygen atoms in total. The number of thiophene rings is 1. The van der Waals surface area contributed by atoms with Gasteiger partial charge in [-0.2, -0.15) is 0 Å². The van der Waals surface area contributed by atoms with Crippen LogP contribution in [0.3, 0.4) is 0 Å². The Morgan fingerprint density at radius 1 is 1.56 bits per heavy atom. The van der Waals surface area contributed by atoms with Gasteiger partial charge in [-0.05, 0) is 19.9 Å². The number of hydrogen-bond donors (Lipinski definition) is 3. The van der Waals surface area contributed by atoms with E-state index < -0.39 is 5.54 Å². The van der Waals surface area contributed by atoms with Crippen molar-refractivity contribution in [1.82, 2.24) is 4.72 Å². The van der Waals surface area contributed by atoms with E-state index >= 15 is 0 Å². The van der Waals surface area contributed by atoms with Gasteiger partial charge in [0.25, 0.3) is 0 Å². The highest BCUT2D eigenvalue weighted by Gasteiger charge is 2.21. The molecular formula is C9H12ClN3OS2. The van der Waals surface area contributed by atoms with E-state index in [1.165, 1.54) is 23.3 Å². The van der Waals surface area contributed by atoms with E-state index in [0.29, 0.717) is 5.96 Å². The molecule has 1 aromatic rings. The fourth-order valence-electron chi connectivity index (χ4n) is 1.14. The van der Waals surface area contributed by atoms with Crippen LogP contribution >= 0.6 is 34.9 Å². The summed E-state index contributed by atoms with van der Waals surface area (Å²) < 4.78 is 4.91. The van der Waals surface area contributed by atoms with Gasteiger partial charge in [-0.15, -0.1) is 11.3 Å². The Bertz CT molecular complexity index is 430. The molecule has 1 aliphatic rings. The summed E-state index contributed by atoms with van der Waals surface area (Å²) in [5, 5.41) is 12.3. The van der Waals surface area contributed by atoms with Crippen LogP contribution in [0.15, 0.2) is 15.3 Å². The van der Waals surface area contributed by atoms with Crippen LogP contribution in [0.25, 0.3) is 0 Å². The Morgan fingerprint density at radius 3 is 3.00 bits per heavy atom. The maximum atomic E-state index is 9.14. The number of halogens is 1. The number of fused-ring (bicyclic) bond motifs is 1. The van der Waals surface area contributed by atoms with E-state index in [1.54, 1.807) is 0 Å². The predicted octanol–water partition coefficient (Wildman–Crippen LogP) is 2.55. The van der Waals surface area contributed by atoms with Gasteiger partial charge in [-0.25, -0.2) is 4.99 Å². The molecule has 16 heavy (non-hydrogen) atoms. The molecule has 88 valence electrons. The fraction of sp³-hybridized carbons (Fsp3) is 0.444. The second-order valence-electron chi connectivity index (χ2n) is 4.01. The second-order valence-corrected chi connectivity index (χ2v) is 6.77. The quantitative estimate of drug-likeness (QED) is 0.727. The number of aliphatic hydroxyl groups excluding tert-OH is 1. The van der Waals surface area contributed by atoms with Crippen molar-refractivity contribution in [1.29, 1.82) is 0 Å². The summed E-state index contributed by atoms with van der Waals surface area (Å²) in [5.41, 5.74) is 0.471. The first-order chi connectivity index (χ1) is 7.50. The lowest BCUT2D eigenvalue weighted by Gasteiger charge is -2.22. The molecule has 0 saturated heterocycles. The lowest BCUT2D eigenvalue weighted by atomic mass is 10.1. The van der Waals surface area contributed by atoms with E-state index in [1.807, 2.05) is 19.9 Å². The van der Waals surface area contributed by atoms with Crippen molar-refractivity contribution >= 4 is 46.5 Å². The van der Waals surface area contributed by atoms with Crippen molar-refractivity contribution in [3.05, 3.63) is 10.4 Å². The topological polar surface area (TPSA) is 56.7 Å². The van der Waals surface area contributed by atoms with Gasteiger partial charge in [-0.3, -0.25) is 4.72 Å². The van der Waals surface area contributed by atoms with E-state index in [0.717, 1.165) is 14.2 Å². The van der Waals surface area contributed by atoms with Crippen LogP contribution < -0.4 is 10.0 Å². The van der Waals surface area contributed by atoms with Gasteiger partial charge in [0.1, 0.15) is 4.21 Å². The van der Waals surface area contributed by atoms with E-state index in [9.17, 15) is 0 Å². The van der Waals surface area contributed by atoms with Crippen LogP contribution in [0, 0.1) is 0 Å². The summed E-state index contributed by atoms with van der Waals surface area (Å²) >= 11 is 8.91. The summed E-state index contributed by atoms with van der Waals surface area (Å²) in [5.74, 6) is 0.644. The maximum absolute atomic E-state index is 9.14. The number of nitrogens with zero attached hydrogens (tertiary/aromatic N) is 1. The van der Waals surface area contributed by atoms with Crippen LogP contribution in [0.4, 0.5) is 5.69 Å². The molecule has 0 aliphatic carbocycles. The number of anilines is 1. The third-order valence-electron chi connectivity index (χ3n) is 1.96. The Kier molecular flexibility index (Phi) is 3.34. The molecule has 0 aromatic carbocycles. The highest BCUT2D eigenvalue weighted by atomic mass is 35.5. The molecule has 0 radical (unpaired) electrons. The average molecular weight is 278 g/mol. The predicted molar refractivity (Wildman–Crippen MR) is 70.5 cm³/mol. The molecule has 0 amide bonds. The average Bonchev–Trinajstić information content (AvgIpc) is 2.57. The van der Waals surface area contributed by atoms with Crippen LogP contribution in [-0.4, -0.2) is 23.2 Å². The van der Waals surface area contributed by atoms with Crippen LogP contribution in [0.1, 0.15) is 13.8 Å². The molecular weight excluding hydrogens is 266 g/mol. The number of aliphatic imine (C=N–C) groups is 1. The standard InChI is InChI=1S/C9H12ClN3OS2/c1-9(2,4-14)12-8-11-5-3-6(10)15-7(5)16-13-8/h3,14H,4H2,1-2H3,(H2,11,12,13). The van der Waals surface area contributed by atoms with Gasteiger partial charge in [-0.1, -0.05) is 11.6 Å². The van der Waals surface area contributed by atoms with Gasteiger partial charge in [0.05, 0.1) is 22.2 Å². The Morgan fingerprint density at radius 2 is 2.31 bits per heavy atom. The Balaban J connectivity index is 2.19. The van der Waals surface area contributed by atoms with Gasteiger partial charge < -0.3 is 10.4 Å². The van der Waals surface area contributed by atoms with Crippen LogP contribution in [0.5, 0.6) is 0 Å². The first-order valence-electron chi connectivity index (χ1n) is 4.70. The Hall–Kier alpha value is -0.430. The minimum Gasteiger partial charge on any atom is -0.394 e. The van der Waals surface area contributed by atoms with Crippen LogP contribution in [-0.2, 0) is 0 Å². The zero-order chi connectivity index (χ0) is 11.8. The zero-order valence-corrected chi connectivity index (χ0v) is 11.3. The maximum Gasteiger partial charge on any atom is 0.206 e. The first kappa shape index (κ1) is 12.0. The third kappa shape index (κ3) is 2.63. The molecule has 2 rings (SSSR count). The number of aliphatic hydroxyl groups is 1. The Labute approximate surface area is 107 Å². The molecule has 0 atom stereocenters. The highest BCUT2D eigenvalue weighted by molar-refractivity contribution is 8.00. The summed E-state index contributed by atoms with van der Waals surface area (Å²) in [7, 11) is 0. The van der Waals surface area contributed by atoms with E-state index in [2.05, 4.69) is 15.0 Å². The molecule has 1 aliphatic heterocycles. The van der Waals surface area contributed by atoms with Crippen molar-refractivity contribution in [2.75, 3.05) is 11.9 Å². The summed E-state index contributed by atoms with van der Waals surface area (Å²) in [6.07, 6.45) is 0. The molecule has 0 spiro atoms. The lowest BCUT2D eigenvalue weighted by Crippen LogP contribution is -2.34. The van der Waals surface area contributed by atoms with Crippen molar-refractivity contribution in [2.45, 2.75) is 23.6 Å². The molecule has 0 fully saturated rings. The monoisotopic (exact) mass is 277 g/mol. The smallest absolute Gasteiger partial charge is 0.206 e. The van der Waals surface area contributed by atoms with Gasteiger partial charge in [0.2, 0.25) is 5.96 Å². The summed E-state index contributed by atoms with van der Waals surface area (Å²) in [6, 6.07) is 1.87. The largest absolute Gasteiger partial charge is 0.394 e. The number of guanidine groups is 1. The van der Waals surface area contributed by atoms with Gasteiger partial charge in [0, 0.05) is 11.9 Å². The van der Waals surface area contributed by atoms with Gasteiger partial charge in [0.15, 0.2) is 0 Å². The third-order valence-corrected chi connectivity index (χ3v) is 4.22. The lowest BCUT2D eigenvalue weighted by molar-refractivity contribution is 0.222. The number of hydrogen-bond acceptors (Lipinski definition) is 4. The van der Waals surface area contributed by atoms with Crippen molar-refractivity contribution in [2.24, 2.45) is 4.99 Å². The minimum atomic E-state index is -0.493. The molecule has 0 unspecified atom stereocenters. The molecule has 2 heterocycles. The zero-order valence-electron chi connectivity index (χ0n) is 8.87. The molecule has 3 N–H and O–H groups in total. The van der Waals surface area contributed by atoms with Crippen molar-refractivity contribution < 1.29 is 5.11 Å². The highest BCUT2D eigenvalue weighted by Crippen LogP contribution is 2.39. The van der Waals surface area contributed by atoms with Crippen molar-refractivity contribution in [3.8, 4) is 0 Å². The summed E-state index contributed by atoms with van der Waals surface area (Å²) in [4.78, 5) is 4.38.